The van der Waals surface area contributed by atoms with Gasteiger partial charge in [-0.1, -0.05) is 71.9 Å². The van der Waals surface area contributed by atoms with Crippen molar-refractivity contribution >= 4 is 22.6 Å². The third-order valence-corrected chi connectivity index (χ3v) is 6.38. The summed E-state index contributed by atoms with van der Waals surface area (Å²) in [6.07, 6.45) is 3.98. The van der Waals surface area contributed by atoms with Crippen molar-refractivity contribution < 1.29 is 15.0 Å². The Morgan fingerprint density at radius 3 is 2.15 bits per heavy atom. The van der Waals surface area contributed by atoms with Gasteiger partial charge >= 0.3 is 5.97 Å². The third-order valence-electron chi connectivity index (χ3n) is 6.38. The van der Waals surface area contributed by atoms with E-state index in [1.54, 1.807) is 0 Å². The zero-order valence-corrected chi connectivity index (χ0v) is 21.3. The van der Waals surface area contributed by atoms with E-state index in [-0.39, 0.29) is 17.3 Å². The highest BCUT2D eigenvalue weighted by atomic mass is 16.4. The molecule has 0 amide bonds. The molecule has 0 spiro atoms. The monoisotopic (exact) mass is 462 g/mol. The van der Waals surface area contributed by atoms with Crippen molar-refractivity contribution in [2.75, 3.05) is 5.73 Å². The highest BCUT2D eigenvalue weighted by Crippen LogP contribution is 2.40. The van der Waals surface area contributed by atoms with Crippen LogP contribution in [0.15, 0.2) is 36.4 Å². The van der Waals surface area contributed by atoms with Crippen LogP contribution in [0.25, 0.3) is 10.9 Å². The van der Waals surface area contributed by atoms with Crippen molar-refractivity contribution in [3.63, 3.8) is 0 Å². The van der Waals surface area contributed by atoms with Crippen molar-refractivity contribution in [2.45, 2.75) is 84.5 Å². The minimum absolute atomic E-state index is 0.109. The Hall–Kier alpha value is -3.08. The number of pyridine rings is 1. The van der Waals surface area contributed by atoms with Crippen molar-refractivity contribution in [1.82, 2.24) is 4.98 Å². The summed E-state index contributed by atoms with van der Waals surface area (Å²) in [6, 6.07) is 12.0. The number of benzene rings is 2. The van der Waals surface area contributed by atoms with Crippen LogP contribution in [0.1, 0.15) is 82.3 Å². The van der Waals surface area contributed by atoms with Gasteiger partial charge in [0.15, 0.2) is 0 Å². The molecule has 4 N–H and O–H groups in total. The molecule has 0 unspecified atom stereocenters. The molecule has 3 aromatic rings. The van der Waals surface area contributed by atoms with Gasteiger partial charge in [-0.15, -0.1) is 0 Å². The number of phenols is 1. The van der Waals surface area contributed by atoms with Crippen LogP contribution >= 0.6 is 0 Å². The van der Waals surface area contributed by atoms with Gasteiger partial charge in [-0.3, -0.25) is 9.78 Å². The summed E-state index contributed by atoms with van der Waals surface area (Å²) in [5.41, 5.74) is 13.0. The van der Waals surface area contributed by atoms with Gasteiger partial charge < -0.3 is 15.9 Å². The van der Waals surface area contributed by atoms with E-state index in [0.717, 1.165) is 46.1 Å². The number of nitrogens with two attached hydrogens (primary N) is 1. The lowest BCUT2D eigenvalue weighted by atomic mass is 9.78. The van der Waals surface area contributed by atoms with Crippen LogP contribution in [0.4, 0.5) is 5.69 Å². The SMILES string of the molecule is CC(C)(C)c1cc(CCC(=O)O)cc(C(C)(C)C)c1O.Nc1c2c(nc3ccccc13)CCC2. The number of hydrogen-bond acceptors (Lipinski definition) is 4. The molecular formula is C29H38N2O3. The maximum absolute atomic E-state index is 10.8. The van der Waals surface area contributed by atoms with Crippen LogP contribution in [0.3, 0.4) is 0 Å². The van der Waals surface area contributed by atoms with Crippen LogP contribution in [-0.4, -0.2) is 21.2 Å². The molecule has 5 nitrogen and oxygen atoms in total. The van der Waals surface area contributed by atoms with Crippen LogP contribution < -0.4 is 5.73 Å². The van der Waals surface area contributed by atoms with Gasteiger partial charge in [-0.25, -0.2) is 0 Å². The maximum Gasteiger partial charge on any atom is 0.303 e. The molecule has 0 fully saturated rings. The molecule has 0 atom stereocenters. The summed E-state index contributed by atoms with van der Waals surface area (Å²) in [6.45, 7) is 12.3. The Labute approximate surface area is 203 Å². The van der Waals surface area contributed by atoms with Crippen LogP contribution in [0, 0.1) is 0 Å². The lowest BCUT2D eigenvalue weighted by molar-refractivity contribution is -0.136. The number of anilines is 1. The number of nitrogen functional groups attached to an aromatic ring is 1. The molecule has 0 saturated heterocycles. The number of phenolic OH excluding ortho intramolecular Hbond substituents is 1. The quantitative estimate of drug-likeness (QED) is 0.424. The van der Waals surface area contributed by atoms with Crippen molar-refractivity contribution in [2.24, 2.45) is 0 Å². The van der Waals surface area contributed by atoms with Gasteiger partial charge in [0.2, 0.25) is 0 Å². The molecule has 0 saturated carbocycles. The van der Waals surface area contributed by atoms with E-state index < -0.39 is 5.97 Å². The zero-order valence-electron chi connectivity index (χ0n) is 21.3. The molecule has 4 rings (SSSR count). The van der Waals surface area contributed by atoms with Gasteiger partial charge in [0.1, 0.15) is 5.75 Å². The number of aromatic nitrogens is 1. The summed E-state index contributed by atoms with van der Waals surface area (Å²) >= 11 is 0. The fourth-order valence-electron chi connectivity index (χ4n) is 4.48. The van der Waals surface area contributed by atoms with Gasteiger partial charge in [0.25, 0.3) is 0 Å². The molecule has 5 heteroatoms. The van der Waals surface area contributed by atoms with Crippen molar-refractivity contribution in [1.29, 1.82) is 0 Å². The van der Waals surface area contributed by atoms with E-state index >= 15 is 0 Å². The van der Waals surface area contributed by atoms with Gasteiger partial charge in [0.05, 0.1) is 5.52 Å². The number of nitrogens with zero attached hydrogens (tertiary/aromatic N) is 1. The molecule has 0 bridgehead atoms. The highest BCUT2D eigenvalue weighted by molar-refractivity contribution is 5.92. The summed E-state index contributed by atoms with van der Waals surface area (Å²) < 4.78 is 0. The van der Waals surface area contributed by atoms with Gasteiger partial charge in [0, 0.05) is 23.2 Å². The lowest BCUT2D eigenvalue weighted by Crippen LogP contribution is -2.18. The van der Waals surface area contributed by atoms with Crippen LogP contribution in [0.2, 0.25) is 0 Å². The predicted molar refractivity (Wildman–Crippen MR) is 140 cm³/mol. The number of hydrogen-bond donors (Lipinski definition) is 3. The summed E-state index contributed by atoms with van der Waals surface area (Å²) in [5.74, 6) is -0.461. The standard InChI is InChI=1S/C17H26O3.C12H12N2/c1-16(2,3)12-9-11(7-8-14(18)19)10-13(15(12)20)17(4,5)6;13-12-8-4-1-2-6-10(8)14-11-7-3-5-9(11)12/h9-10,20H,7-8H2,1-6H3,(H,18,19);1-2,4,6H,3,5,7H2,(H2,13,14). The number of carbonyl (C=O) groups is 1. The van der Waals surface area contributed by atoms with E-state index in [2.05, 4.69) is 52.6 Å². The second kappa shape index (κ2) is 9.65. The second-order valence-corrected chi connectivity index (χ2v) is 11.3. The first-order valence-electron chi connectivity index (χ1n) is 12.0. The Balaban J connectivity index is 0.000000201. The molecular weight excluding hydrogens is 424 g/mol. The van der Waals surface area contributed by atoms with Gasteiger partial charge in [-0.2, -0.15) is 0 Å². The Bertz CT molecular complexity index is 1170. The number of carboxylic acid groups (broad SMARTS) is 1. The minimum Gasteiger partial charge on any atom is -0.507 e. The van der Waals surface area contributed by atoms with E-state index in [1.165, 1.54) is 17.7 Å². The summed E-state index contributed by atoms with van der Waals surface area (Å²) in [5, 5.41) is 20.5. The molecule has 1 aliphatic rings. The molecule has 1 aromatic heterocycles. The average Bonchev–Trinajstić information content (AvgIpc) is 3.21. The van der Waals surface area contributed by atoms with E-state index in [9.17, 15) is 9.90 Å². The molecule has 34 heavy (non-hydrogen) atoms. The molecule has 1 aliphatic carbocycles. The van der Waals surface area contributed by atoms with E-state index in [0.29, 0.717) is 12.2 Å². The topological polar surface area (TPSA) is 96.4 Å². The first-order valence-corrected chi connectivity index (χ1v) is 12.0. The summed E-state index contributed by atoms with van der Waals surface area (Å²) in [7, 11) is 0. The highest BCUT2D eigenvalue weighted by Gasteiger charge is 2.26. The maximum atomic E-state index is 10.8. The minimum atomic E-state index is -0.798. The fourth-order valence-corrected chi connectivity index (χ4v) is 4.48. The van der Waals surface area contributed by atoms with Crippen molar-refractivity contribution in [3.05, 3.63) is 64.3 Å². The van der Waals surface area contributed by atoms with Crippen LogP contribution in [-0.2, 0) is 34.9 Å². The van der Waals surface area contributed by atoms with E-state index in [4.69, 9.17) is 10.8 Å². The smallest absolute Gasteiger partial charge is 0.303 e. The molecule has 0 radical (unpaired) electrons. The number of fused-ring (bicyclic) bond motifs is 2. The molecule has 0 aliphatic heterocycles. The number of para-hydroxylation sites is 1. The molecule has 2 aromatic carbocycles. The van der Waals surface area contributed by atoms with Gasteiger partial charge in [-0.05, 0) is 64.8 Å². The Morgan fingerprint density at radius 1 is 1.00 bits per heavy atom. The number of rotatable bonds is 3. The Kier molecular flexibility index (Phi) is 7.25. The second-order valence-electron chi connectivity index (χ2n) is 11.3. The Morgan fingerprint density at radius 2 is 1.59 bits per heavy atom. The first-order chi connectivity index (χ1) is 15.8. The number of aromatic hydroxyl groups is 1. The normalized spacial score (nSPS) is 13.4. The number of aryl methyl sites for hydroxylation is 2. The molecule has 182 valence electrons. The average molecular weight is 463 g/mol. The van der Waals surface area contributed by atoms with Crippen LogP contribution in [0.5, 0.6) is 5.75 Å². The first kappa shape index (κ1) is 25.5. The number of carboxylic acids is 1. The predicted octanol–water partition coefficient (Wildman–Crippen LogP) is 6.31. The third kappa shape index (κ3) is 5.69. The lowest BCUT2D eigenvalue weighted by Gasteiger charge is -2.28. The number of aliphatic carboxylic acids is 1. The largest absolute Gasteiger partial charge is 0.507 e. The fraction of sp³-hybridized carbons (Fsp3) is 0.448. The van der Waals surface area contributed by atoms with E-state index in [1.807, 2.05) is 30.3 Å². The van der Waals surface area contributed by atoms with Crippen molar-refractivity contribution in [3.8, 4) is 5.75 Å². The summed E-state index contributed by atoms with van der Waals surface area (Å²) in [4.78, 5) is 15.4. The zero-order chi connectivity index (χ0) is 25.3. The molecule has 1 heterocycles.